The molecule has 1 aliphatic rings. The zero-order valence-corrected chi connectivity index (χ0v) is 16.7. The van der Waals surface area contributed by atoms with E-state index in [1.165, 1.54) is 16.7 Å². The lowest BCUT2D eigenvalue weighted by Gasteiger charge is -2.28. The van der Waals surface area contributed by atoms with E-state index in [4.69, 9.17) is 13.9 Å². The molecule has 28 heavy (non-hydrogen) atoms. The van der Waals surface area contributed by atoms with Crippen molar-refractivity contribution in [1.82, 2.24) is 4.90 Å². The minimum Gasteiger partial charge on any atom is -0.497 e. The molecule has 1 fully saturated rings. The Balaban J connectivity index is 1.79. The van der Waals surface area contributed by atoms with Crippen LogP contribution in [0.15, 0.2) is 47.3 Å². The molecule has 0 spiro atoms. The van der Waals surface area contributed by atoms with Gasteiger partial charge in [0.1, 0.15) is 17.2 Å². The molecule has 1 aromatic carbocycles. The van der Waals surface area contributed by atoms with Gasteiger partial charge >= 0.3 is 12.0 Å². The number of urea groups is 1. The van der Waals surface area contributed by atoms with Gasteiger partial charge in [0.15, 0.2) is 0 Å². The summed E-state index contributed by atoms with van der Waals surface area (Å²) < 4.78 is 15.8. The fourth-order valence-electron chi connectivity index (χ4n) is 2.91. The SMILES string of the molecule is CCCCOC(=O)C1CSC(c2ccoc2)N1C(=O)Nc1cccc(OC)c1. The number of unbranched alkanes of at least 4 members (excludes halogenated alkanes) is 1. The Morgan fingerprint density at radius 2 is 2.21 bits per heavy atom. The Labute approximate surface area is 168 Å². The Bertz CT molecular complexity index is 796. The maximum absolute atomic E-state index is 13.1. The van der Waals surface area contributed by atoms with E-state index in [9.17, 15) is 9.59 Å². The van der Waals surface area contributed by atoms with Crippen LogP contribution in [-0.4, -0.2) is 42.4 Å². The van der Waals surface area contributed by atoms with Crippen molar-refractivity contribution in [3.8, 4) is 5.75 Å². The number of furan rings is 1. The Morgan fingerprint density at radius 1 is 1.36 bits per heavy atom. The molecular weight excluding hydrogens is 380 g/mol. The fraction of sp³-hybridized carbons (Fsp3) is 0.400. The minimum absolute atomic E-state index is 0.326. The van der Waals surface area contributed by atoms with Gasteiger partial charge in [-0.15, -0.1) is 11.8 Å². The number of carbonyl (C=O) groups is 2. The maximum atomic E-state index is 13.1. The van der Waals surface area contributed by atoms with Crippen molar-refractivity contribution in [3.63, 3.8) is 0 Å². The molecule has 1 aromatic heterocycles. The molecule has 3 rings (SSSR count). The number of carbonyl (C=O) groups excluding carboxylic acids is 2. The van der Waals surface area contributed by atoms with Gasteiger partial charge in [-0.1, -0.05) is 19.4 Å². The minimum atomic E-state index is -0.660. The fourth-order valence-corrected chi connectivity index (χ4v) is 4.30. The third kappa shape index (κ3) is 4.62. The van der Waals surface area contributed by atoms with Crippen molar-refractivity contribution in [1.29, 1.82) is 0 Å². The topological polar surface area (TPSA) is 81.0 Å². The molecule has 1 N–H and O–H groups in total. The number of benzene rings is 1. The molecule has 0 aliphatic carbocycles. The summed E-state index contributed by atoms with van der Waals surface area (Å²) >= 11 is 1.51. The second-order valence-corrected chi connectivity index (χ2v) is 7.46. The first-order chi connectivity index (χ1) is 13.6. The summed E-state index contributed by atoms with van der Waals surface area (Å²) in [6.07, 6.45) is 4.88. The number of hydrogen-bond donors (Lipinski definition) is 1. The highest BCUT2D eigenvalue weighted by Crippen LogP contribution is 2.42. The van der Waals surface area contributed by atoms with Gasteiger partial charge in [0.25, 0.3) is 0 Å². The molecule has 0 radical (unpaired) electrons. The molecule has 8 heteroatoms. The number of esters is 1. The van der Waals surface area contributed by atoms with Crippen molar-refractivity contribution in [3.05, 3.63) is 48.4 Å². The highest BCUT2D eigenvalue weighted by Gasteiger charge is 2.43. The van der Waals surface area contributed by atoms with Crippen LogP contribution in [0.4, 0.5) is 10.5 Å². The lowest BCUT2D eigenvalue weighted by molar-refractivity contribution is -0.148. The van der Waals surface area contributed by atoms with Gasteiger partial charge in [-0.2, -0.15) is 0 Å². The molecule has 7 nitrogen and oxygen atoms in total. The average molecular weight is 404 g/mol. The molecular formula is C20H24N2O5S. The lowest BCUT2D eigenvalue weighted by atomic mass is 10.2. The number of nitrogens with zero attached hydrogens (tertiary/aromatic N) is 1. The number of ether oxygens (including phenoxy) is 2. The lowest BCUT2D eigenvalue weighted by Crippen LogP contribution is -2.45. The average Bonchev–Trinajstić information content (AvgIpc) is 3.37. The molecule has 150 valence electrons. The Kier molecular flexibility index (Phi) is 6.86. The summed E-state index contributed by atoms with van der Waals surface area (Å²) in [6.45, 7) is 2.39. The van der Waals surface area contributed by atoms with Crippen LogP contribution in [0.5, 0.6) is 5.75 Å². The highest BCUT2D eigenvalue weighted by atomic mass is 32.2. The smallest absolute Gasteiger partial charge is 0.329 e. The number of rotatable bonds is 7. The number of methoxy groups -OCH3 is 1. The summed E-state index contributed by atoms with van der Waals surface area (Å²) in [5.41, 5.74) is 1.42. The number of nitrogens with one attached hydrogen (secondary N) is 1. The molecule has 0 bridgehead atoms. The third-order valence-corrected chi connectivity index (χ3v) is 5.72. The second kappa shape index (κ2) is 9.54. The van der Waals surface area contributed by atoms with Crippen LogP contribution in [0, 0.1) is 0 Å². The standard InChI is InChI=1S/C20H24N2O5S/c1-3-4-9-27-19(23)17-13-28-18(14-8-10-26-12-14)22(17)20(24)21-15-6-5-7-16(11-15)25-2/h5-8,10-12,17-18H,3-4,9,13H2,1-2H3,(H,21,24). The predicted octanol–water partition coefficient (Wildman–Crippen LogP) is 4.28. The number of hydrogen-bond acceptors (Lipinski definition) is 6. The zero-order valence-electron chi connectivity index (χ0n) is 15.9. The van der Waals surface area contributed by atoms with E-state index in [1.807, 2.05) is 6.92 Å². The van der Waals surface area contributed by atoms with Crippen LogP contribution in [0.2, 0.25) is 0 Å². The van der Waals surface area contributed by atoms with Crippen molar-refractivity contribution < 1.29 is 23.5 Å². The summed E-state index contributed by atoms with van der Waals surface area (Å²) in [6, 6.07) is 7.84. The molecule has 2 amide bonds. The van der Waals surface area contributed by atoms with Crippen molar-refractivity contribution in [2.45, 2.75) is 31.2 Å². The summed E-state index contributed by atoms with van der Waals surface area (Å²) in [5, 5.41) is 2.53. The summed E-state index contributed by atoms with van der Waals surface area (Å²) in [5.74, 6) is 0.718. The van der Waals surface area contributed by atoms with Gasteiger partial charge in [0, 0.05) is 23.1 Å². The van der Waals surface area contributed by atoms with Crippen molar-refractivity contribution in [2.24, 2.45) is 0 Å². The van der Waals surface area contributed by atoms with Gasteiger partial charge in [0.05, 0.1) is 26.2 Å². The number of thioether (sulfide) groups is 1. The first-order valence-electron chi connectivity index (χ1n) is 9.17. The first-order valence-corrected chi connectivity index (χ1v) is 10.2. The van der Waals surface area contributed by atoms with Crippen LogP contribution < -0.4 is 10.1 Å². The second-order valence-electron chi connectivity index (χ2n) is 6.35. The van der Waals surface area contributed by atoms with Crippen molar-refractivity contribution >= 4 is 29.4 Å². The zero-order chi connectivity index (χ0) is 19.9. The van der Waals surface area contributed by atoms with Crippen LogP contribution in [-0.2, 0) is 9.53 Å². The van der Waals surface area contributed by atoms with E-state index < -0.39 is 6.04 Å². The van der Waals surface area contributed by atoms with E-state index in [0.29, 0.717) is 23.8 Å². The van der Waals surface area contributed by atoms with Crippen LogP contribution in [0.1, 0.15) is 30.7 Å². The van der Waals surface area contributed by atoms with Gasteiger partial charge in [-0.3, -0.25) is 4.90 Å². The van der Waals surface area contributed by atoms with Gasteiger partial charge in [-0.05, 0) is 24.6 Å². The van der Waals surface area contributed by atoms with Crippen molar-refractivity contribution in [2.75, 3.05) is 24.8 Å². The molecule has 2 atom stereocenters. The largest absolute Gasteiger partial charge is 0.497 e. The molecule has 2 heterocycles. The van der Waals surface area contributed by atoms with Gasteiger partial charge in [-0.25, -0.2) is 9.59 Å². The van der Waals surface area contributed by atoms with Crippen LogP contribution in [0.3, 0.4) is 0 Å². The molecule has 1 saturated heterocycles. The summed E-state index contributed by atoms with van der Waals surface area (Å²) in [4.78, 5) is 27.2. The number of anilines is 1. The Morgan fingerprint density at radius 3 is 2.93 bits per heavy atom. The van der Waals surface area contributed by atoms with E-state index in [-0.39, 0.29) is 17.4 Å². The molecule has 1 aliphatic heterocycles. The Hall–Kier alpha value is -2.61. The quantitative estimate of drug-likeness (QED) is 0.548. The van der Waals surface area contributed by atoms with E-state index in [2.05, 4.69) is 5.32 Å². The van der Waals surface area contributed by atoms with Gasteiger partial charge in [0.2, 0.25) is 0 Å². The highest BCUT2D eigenvalue weighted by molar-refractivity contribution is 7.99. The molecule has 0 saturated carbocycles. The number of amides is 2. The molecule has 2 unspecified atom stereocenters. The van der Waals surface area contributed by atoms with E-state index >= 15 is 0 Å². The third-order valence-electron chi connectivity index (χ3n) is 4.40. The van der Waals surface area contributed by atoms with Gasteiger partial charge < -0.3 is 19.2 Å². The van der Waals surface area contributed by atoms with E-state index in [0.717, 1.165) is 18.4 Å². The normalized spacial score (nSPS) is 18.7. The first kappa shape index (κ1) is 20.1. The predicted molar refractivity (Wildman–Crippen MR) is 107 cm³/mol. The monoisotopic (exact) mass is 404 g/mol. The van der Waals surface area contributed by atoms with E-state index in [1.54, 1.807) is 50.0 Å². The molecule has 2 aromatic rings. The summed E-state index contributed by atoms with van der Waals surface area (Å²) in [7, 11) is 1.56. The van der Waals surface area contributed by atoms with Crippen LogP contribution >= 0.6 is 11.8 Å². The maximum Gasteiger partial charge on any atom is 0.329 e. The van der Waals surface area contributed by atoms with Crippen LogP contribution in [0.25, 0.3) is 0 Å².